The maximum absolute atomic E-state index is 12.8. The molecule has 15 heavy (non-hydrogen) atoms. The molecule has 2 atom stereocenters. The van der Waals surface area contributed by atoms with Crippen molar-refractivity contribution in [3.63, 3.8) is 0 Å². The molecule has 0 aromatic heterocycles. The molecule has 0 aliphatic heterocycles. The molecule has 0 bridgehead atoms. The third kappa shape index (κ3) is 3.51. The lowest BCUT2D eigenvalue weighted by atomic mass is 10.2. The second kappa shape index (κ2) is 5.12. The summed E-state index contributed by atoms with van der Waals surface area (Å²) in [5, 5.41) is 2.52. The summed E-state index contributed by atoms with van der Waals surface area (Å²) < 4.78 is 12.8. The molecule has 1 amide bonds. The van der Waals surface area contributed by atoms with E-state index in [1.165, 1.54) is 18.2 Å². The van der Waals surface area contributed by atoms with Gasteiger partial charge in [-0.15, -0.1) is 11.6 Å². The minimum atomic E-state index is -0.422. The molecule has 1 aromatic carbocycles. The van der Waals surface area contributed by atoms with E-state index < -0.39 is 5.82 Å². The Balaban J connectivity index is 2.69. The second-order valence-corrected chi connectivity index (χ2v) is 4.14. The summed E-state index contributed by atoms with van der Waals surface area (Å²) in [6.45, 7) is 3.59. The Kier molecular flexibility index (Phi) is 4.09. The first-order valence-electron chi connectivity index (χ1n) is 4.71. The summed E-state index contributed by atoms with van der Waals surface area (Å²) in [6, 6.07) is 5.40. The first kappa shape index (κ1) is 12.0. The zero-order valence-corrected chi connectivity index (χ0v) is 9.38. The summed E-state index contributed by atoms with van der Waals surface area (Å²) in [6.07, 6.45) is 0. The van der Waals surface area contributed by atoms with E-state index in [0.717, 1.165) is 0 Å². The van der Waals surface area contributed by atoms with Crippen molar-refractivity contribution in [3.8, 4) is 0 Å². The molecule has 0 heterocycles. The topological polar surface area (TPSA) is 29.1 Å². The molecule has 0 fully saturated rings. The molecule has 1 N–H and O–H groups in total. The maximum Gasteiger partial charge on any atom is 0.251 e. The van der Waals surface area contributed by atoms with Crippen molar-refractivity contribution in [2.24, 2.45) is 0 Å². The van der Waals surface area contributed by atoms with E-state index in [1.54, 1.807) is 19.9 Å². The molecule has 0 saturated heterocycles. The average Bonchev–Trinajstić information content (AvgIpc) is 2.17. The highest BCUT2D eigenvalue weighted by atomic mass is 35.5. The Morgan fingerprint density at radius 2 is 2.13 bits per heavy atom. The molecular weight excluding hydrogens is 217 g/mol. The number of amides is 1. The lowest BCUT2D eigenvalue weighted by molar-refractivity contribution is 0.0939. The van der Waals surface area contributed by atoms with E-state index in [1.807, 2.05) is 0 Å². The van der Waals surface area contributed by atoms with Gasteiger partial charge in [-0.3, -0.25) is 4.79 Å². The Bertz CT molecular complexity index is 354. The van der Waals surface area contributed by atoms with Gasteiger partial charge in [-0.25, -0.2) is 4.39 Å². The Labute approximate surface area is 93.4 Å². The van der Waals surface area contributed by atoms with Crippen molar-refractivity contribution in [2.75, 3.05) is 0 Å². The zero-order chi connectivity index (χ0) is 11.4. The van der Waals surface area contributed by atoms with E-state index in [2.05, 4.69) is 5.32 Å². The van der Waals surface area contributed by atoms with Crippen LogP contribution in [0, 0.1) is 5.82 Å². The summed E-state index contributed by atoms with van der Waals surface area (Å²) in [5.41, 5.74) is 0.305. The number of rotatable bonds is 3. The number of benzene rings is 1. The van der Waals surface area contributed by atoms with Crippen LogP contribution in [-0.2, 0) is 0 Å². The van der Waals surface area contributed by atoms with Crippen LogP contribution < -0.4 is 5.32 Å². The lowest BCUT2D eigenvalue weighted by Gasteiger charge is -2.15. The van der Waals surface area contributed by atoms with Gasteiger partial charge in [0.2, 0.25) is 0 Å². The van der Waals surface area contributed by atoms with Crippen LogP contribution in [0.5, 0.6) is 0 Å². The van der Waals surface area contributed by atoms with Gasteiger partial charge in [-0.05, 0) is 32.0 Å². The molecule has 4 heteroatoms. The molecular formula is C11H13ClFNO. The highest BCUT2D eigenvalue weighted by molar-refractivity contribution is 6.21. The van der Waals surface area contributed by atoms with Gasteiger partial charge in [0.1, 0.15) is 5.82 Å². The molecule has 1 rings (SSSR count). The van der Waals surface area contributed by atoms with Gasteiger partial charge >= 0.3 is 0 Å². The van der Waals surface area contributed by atoms with E-state index in [-0.39, 0.29) is 17.3 Å². The summed E-state index contributed by atoms with van der Waals surface area (Å²) in [5.74, 6) is -0.733. The number of nitrogens with one attached hydrogen (secondary N) is 1. The predicted molar refractivity (Wildman–Crippen MR) is 58.6 cm³/mol. The zero-order valence-electron chi connectivity index (χ0n) is 8.63. The normalized spacial score (nSPS) is 14.4. The Hall–Kier alpha value is -1.09. The summed E-state index contributed by atoms with van der Waals surface area (Å²) in [4.78, 5) is 11.6. The first-order valence-corrected chi connectivity index (χ1v) is 5.15. The van der Waals surface area contributed by atoms with Gasteiger partial charge in [-0.1, -0.05) is 6.07 Å². The quantitative estimate of drug-likeness (QED) is 0.793. The van der Waals surface area contributed by atoms with Crippen molar-refractivity contribution in [2.45, 2.75) is 25.3 Å². The molecule has 1 aromatic rings. The van der Waals surface area contributed by atoms with Gasteiger partial charge in [0, 0.05) is 11.6 Å². The fraction of sp³-hybridized carbons (Fsp3) is 0.364. The molecule has 0 spiro atoms. The van der Waals surface area contributed by atoms with Gasteiger partial charge in [0.15, 0.2) is 0 Å². The van der Waals surface area contributed by atoms with Crippen molar-refractivity contribution in [1.29, 1.82) is 0 Å². The number of halogens is 2. The van der Waals surface area contributed by atoms with Crippen LogP contribution in [0.25, 0.3) is 0 Å². The number of hydrogen-bond acceptors (Lipinski definition) is 1. The van der Waals surface area contributed by atoms with Crippen LogP contribution in [0.2, 0.25) is 0 Å². The number of alkyl halides is 1. The molecule has 0 aliphatic rings. The van der Waals surface area contributed by atoms with Crippen LogP contribution >= 0.6 is 11.6 Å². The third-order valence-corrected chi connectivity index (χ3v) is 2.51. The molecule has 2 unspecified atom stereocenters. The standard InChI is InChI=1S/C11H13ClFNO/c1-7(12)8(2)14-11(15)9-4-3-5-10(13)6-9/h3-8H,1-2H3,(H,14,15). The van der Waals surface area contributed by atoms with Crippen LogP contribution in [0.4, 0.5) is 4.39 Å². The highest BCUT2D eigenvalue weighted by Crippen LogP contribution is 2.06. The third-order valence-electron chi connectivity index (χ3n) is 2.13. The van der Waals surface area contributed by atoms with Crippen molar-refractivity contribution in [3.05, 3.63) is 35.6 Å². The van der Waals surface area contributed by atoms with Crippen LogP contribution in [0.15, 0.2) is 24.3 Å². The number of hydrogen-bond donors (Lipinski definition) is 1. The predicted octanol–water partition coefficient (Wildman–Crippen LogP) is 2.57. The van der Waals surface area contributed by atoms with Crippen LogP contribution in [0.3, 0.4) is 0 Å². The molecule has 0 radical (unpaired) electrons. The summed E-state index contributed by atoms with van der Waals surface area (Å²) >= 11 is 5.80. The minimum Gasteiger partial charge on any atom is -0.348 e. The maximum atomic E-state index is 12.8. The minimum absolute atomic E-state index is 0.151. The van der Waals surface area contributed by atoms with E-state index in [4.69, 9.17) is 11.6 Å². The van der Waals surface area contributed by atoms with Crippen LogP contribution in [0.1, 0.15) is 24.2 Å². The SMILES string of the molecule is CC(Cl)C(C)NC(=O)c1cccc(F)c1. The Morgan fingerprint density at radius 3 is 2.67 bits per heavy atom. The number of carbonyl (C=O) groups is 1. The van der Waals surface area contributed by atoms with E-state index in [0.29, 0.717) is 5.56 Å². The molecule has 0 saturated carbocycles. The van der Waals surface area contributed by atoms with Crippen LogP contribution in [-0.4, -0.2) is 17.3 Å². The second-order valence-electron chi connectivity index (χ2n) is 3.45. The number of carbonyl (C=O) groups excluding carboxylic acids is 1. The van der Waals surface area contributed by atoms with Gasteiger partial charge in [0.05, 0.1) is 5.38 Å². The van der Waals surface area contributed by atoms with Crippen molar-refractivity contribution >= 4 is 17.5 Å². The lowest BCUT2D eigenvalue weighted by Crippen LogP contribution is -2.37. The molecule has 2 nitrogen and oxygen atoms in total. The fourth-order valence-corrected chi connectivity index (χ4v) is 1.10. The monoisotopic (exact) mass is 229 g/mol. The van der Waals surface area contributed by atoms with Gasteiger partial charge < -0.3 is 5.32 Å². The fourth-order valence-electron chi connectivity index (χ4n) is 1.03. The Morgan fingerprint density at radius 1 is 1.47 bits per heavy atom. The first-order chi connectivity index (χ1) is 7.00. The van der Waals surface area contributed by atoms with Gasteiger partial charge in [0.25, 0.3) is 5.91 Å². The van der Waals surface area contributed by atoms with Crippen molar-refractivity contribution in [1.82, 2.24) is 5.32 Å². The highest BCUT2D eigenvalue weighted by Gasteiger charge is 2.13. The molecule has 0 aliphatic carbocycles. The van der Waals surface area contributed by atoms with Gasteiger partial charge in [-0.2, -0.15) is 0 Å². The largest absolute Gasteiger partial charge is 0.348 e. The molecule has 82 valence electrons. The van der Waals surface area contributed by atoms with E-state index in [9.17, 15) is 9.18 Å². The smallest absolute Gasteiger partial charge is 0.251 e. The summed E-state index contributed by atoms with van der Waals surface area (Å²) in [7, 11) is 0. The van der Waals surface area contributed by atoms with E-state index >= 15 is 0 Å². The van der Waals surface area contributed by atoms with Crippen molar-refractivity contribution < 1.29 is 9.18 Å². The average molecular weight is 230 g/mol.